The number of benzene rings is 1. The van der Waals surface area contributed by atoms with E-state index in [0.29, 0.717) is 17.5 Å². The van der Waals surface area contributed by atoms with Crippen molar-refractivity contribution >= 4 is 31.3 Å². The van der Waals surface area contributed by atoms with Gasteiger partial charge in [-0.25, -0.2) is 16.8 Å². The molecule has 8 heteroatoms. The molecule has 0 aliphatic carbocycles. The van der Waals surface area contributed by atoms with Crippen molar-refractivity contribution in [1.29, 1.82) is 0 Å². The van der Waals surface area contributed by atoms with Crippen molar-refractivity contribution < 1.29 is 16.8 Å². The summed E-state index contributed by atoms with van der Waals surface area (Å²) in [6, 6.07) is 5.25. The third-order valence-corrected chi connectivity index (χ3v) is 8.05. The molecule has 1 saturated heterocycles. The summed E-state index contributed by atoms with van der Waals surface area (Å²) in [6.45, 7) is 4.55. The smallest absolute Gasteiger partial charge is 0.183 e. The summed E-state index contributed by atoms with van der Waals surface area (Å²) in [5.41, 5.74) is 0. The van der Waals surface area contributed by atoms with Crippen molar-refractivity contribution in [1.82, 2.24) is 5.32 Å². The summed E-state index contributed by atoms with van der Waals surface area (Å²) in [4.78, 5) is 0.107. The summed E-state index contributed by atoms with van der Waals surface area (Å²) < 4.78 is 49.3. The van der Waals surface area contributed by atoms with Crippen LogP contribution in [0.25, 0.3) is 0 Å². The van der Waals surface area contributed by atoms with Gasteiger partial charge in [-0.2, -0.15) is 0 Å². The van der Waals surface area contributed by atoms with E-state index in [1.807, 2.05) is 13.8 Å². The first kappa shape index (κ1) is 20.4. The van der Waals surface area contributed by atoms with E-state index in [4.69, 9.17) is 11.6 Å². The van der Waals surface area contributed by atoms with Crippen LogP contribution in [0.15, 0.2) is 29.2 Å². The molecule has 0 amide bonds. The molecule has 1 aromatic carbocycles. The van der Waals surface area contributed by atoms with Gasteiger partial charge < -0.3 is 5.32 Å². The lowest BCUT2D eigenvalue weighted by Crippen LogP contribution is -2.44. The third-order valence-electron chi connectivity index (χ3n) is 3.63. The Morgan fingerprint density at radius 1 is 1.22 bits per heavy atom. The van der Waals surface area contributed by atoms with Crippen LogP contribution < -0.4 is 5.32 Å². The van der Waals surface area contributed by atoms with Gasteiger partial charge in [0.2, 0.25) is 0 Å². The van der Waals surface area contributed by atoms with Gasteiger partial charge in [-0.15, -0.1) is 0 Å². The quantitative estimate of drug-likeness (QED) is 0.845. The predicted molar refractivity (Wildman–Crippen MR) is 94.4 cm³/mol. The molecule has 0 unspecified atom stereocenters. The average molecular weight is 382 g/mol. The van der Waals surface area contributed by atoms with E-state index in [1.165, 1.54) is 24.3 Å². The number of nitrogens with one attached hydrogen (secondary N) is 1. The molecule has 0 saturated carbocycles. The van der Waals surface area contributed by atoms with Gasteiger partial charge in [0.25, 0.3) is 0 Å². The van der Waals surface area contributed by atoms with E-state index >= 15 is 0 Å². The average Bonchev–Trinajstić information content (AvgIpc) is 2.73. The maximum Gasteiger partial charge on any atom is 0.183 e. The summed E-state index contributed by atoms with van der Waals surface area (Å²) in [6.07, 6.45) is 0. The van der Waals surface area contributed by atoms with E-state index in [1.54, 1.807) is 0 Å². The van der Waals surface area contributed by atoms with Crippen molar-refractivity contribution in [3.8, 4) is 0 Å². The van der Waals surface area contributed by atoms with Crippen LogP contribution >= 0.6 is 11.6 Å². The highest BCUT2D eigenvalue weighted by Crippen LogP contribution is 2.26. The molecule has 1 heterocycles. The molecule has 0 radical (unpaired) electrons. The minimum Gasteiger partial charge on any atom is -0.311 e. The van der Waals surface area contributed by atoms with Crippen molar-refractivity contribution in [3.63, 3.8) is 0 Å². The van der Waals surface area contributed by atoms with Crippen LogP contribution in [0.1, 0.15) is 21.3 Å². The van der Waals surface area contributed by atoms with Gasteiger partial charge in [-0.1, -0.05) is 32.9 Å². The molecule has 1 aliphatic rings. The summed E-state index contributed by atoms with van der Waals surface area (Å²) >= 11 is 5.78. The zero-order chi connectivity index (χ0) is 16.5. The van der Waals surface area contributed by atoms with Gasteiger partial charge in [-0.3, -0.25) is 0 Å². The topological polar surface area (TPSA) is 80.3 Å². The Hall–Kier alpha value is -0.630. The Balaban J connectivity index is 0.00000264. The Morgan fingerprint density at radius 3 is 2.30 bits per heavy atom. The van der Waals surface area contributed by atoms with Crippen LogP contribution in [0.5, 0.6) is 0 Å². The first-order valence-corrected chi connectivity index (χ1v) is 10.8. The largest absolute Gasteiger partial charge is 0.311 e. The lowest BCUT2D eigenvalue weighted by molar-refractivity contribution is 0.480. The van der Waals surface area contributed by atoms with Crippen LogP contribution in [0, 0.1) is 5.92 Å². The van der Waals surface area contributed by atoms with Crippen LogP contribution in [-0.2, 0) is 19.7 Å². The second-order valence-electron chi connectivity index (χ2n) is 6.02. The Morgan fingerprint density at radius 2 is 1.78 bits per heavy atom. The molecule has 1 aromatic rings. The highest BCUT2D eigenvalue weighted by Gasteiger charge is 2.45. The monoisotopic (exact) mass is 381 g/mol. The summed E-state index contributed by atoms with van der Waals surface area (Å²) in [7, 11) is -7.08. The number of sulfone groups is 2. The maximum atomic E-state index is 12.7. The first-order chi connectivity index (χ1) is 10.1. The molecule has 2 atom stereocenters. The minimum atomic E-state index is -3.72. The molecule has 5 nitrogen and oxygen atoms in total. The second kappa shape index (κ2) is 7.51. The fourth-order valence-electron chi connectivity index (χ4n) is 2.50. The number of rotatable bonds is 5. The van der Waals surface area contributed by atoms with Gasteiger partial charge >= 0.3 is 0 Å². The van der Waals surface area contributed by atoms with Crippen LogP contribution in [0.3, 0.4) is 0 Å². The lowest BCUT2D eigenvalue weighted by atomic mass is 10.2. The zero-order valence-corrected chi connectivity index (χ0v) is 14.9. The van der Waals surface area contributed by atoms with E-state index in [-0.39, 0.29) is 23.8 Å². The van der Waals surface area contributed by atoms with Crippen LogP contribution in [-0.4, -0.2) is 46.2 Å². The molecule has 0 aromatic heterocycles. The van der Waals surface area contributed by atoms with Gasteiger partial charge in [0.1, 0.15) is 0 Å². The molecule has 0 bridgehead atoms. The predicted octanol–water partition coefficient (Wildman–Crippen LogP) is 2.16. The maximum absolute atomic E-state index is 12.7. The summed E-state index contributed by atoms with van der Waals surface area (Å²) in [5.74, 6) is -0.174. The molecule has 23 heavy (non-hydrogen) atoms. The molecule has 1 aliphatic heterocycles. The number of hydrogen-bond acceptors (Lipinski definition) is 5. The van der Waals surface area contributed by atoms with Crippen molar-refractivity contribution in [2.75, 3.05) is 18.1 Å². The normalized spacial score (nSPS) is 23.7. The highest BCUT2D eigenvalue weighted by atomic mass is 35.5. The number of halogens is 1. The highest BCUT2D eigenvalue weighted by molar-refractivity contribution is 7.96. The molecular formula is C15H24ClNO4S2. The van der Waals surface area contributed by atoms with E-state index < -0.39 is 31.0 Å². The molecular weight excluding hydrogens is 358 g/mol. The molecule has 132 valence electrons. The van der Waals surface area contributed by atoms with E-state index in [0.717, 1.165) is 0 Å². The third kappa shape index (κ3) is 4.92. The number of hydrogen-bond donors (Lipinski definition) is 1. The van der Waals surface area contributed by atoms with Gasteiger partial charge in [-0.05, 0) is 36.7 Å². The van der Waals surface area contributed by atoms with Crippen molar-refractivity contribution in [2.24, 2.45) is 5.92 Å². The standard InChI is InChI=1S/C14H20ClNO4S2.CH4/c1-10(2)7-16-13-8-21(17,18)9-14(13)22(19,20)12-5-3-11(15)4-6-12;/h3-6,10,13-14,16H,7-9H2,1-2H3;1H4/t13-,14-;/m0./s1. The molecule has 1 N–H and O–H groups in total. The first-order valence-electron chi connectivity index (χ1n) is 7.05. The molecule has 2 rings (SSSR count). The lowest BCUT2D eigenvalue weighted by Gasteiger charge is -2.21. The van der Waals surface area contributed by atoms with Gasteiger partial charge in [0.05, 0.1) is 21.7 Å². The minimum absolute atomic E-state index is 0. The van der Waals surface area contributed by atoms with Crippen LogP contribution in [0.4, 0.5) is 0 Å². The van der Waals surface area contributed by atoms with Crippen molar-refractivity contribution in [2.45, 2.75) is 37.5 Å². The fourth-order valence-corrected chi connectivity index (χ4v) is 7.34. The SMILES string of the molecule is C.CC(C)CN[C@H]1CS(=O)(=O)C[C@@H]1S(=O)(=O)c1ccc(Cl)cc1. The zero-order valence-electron chi connectivity index (χ0n) is 12.5. The van der Waals surface area contributed by atoms with E-state index in [9.17, 15) is 16.8 Å². The van der Waals surface area contributed by atoms with Crippen LogP contribution in [0.2, 0.25) is 5.02 Å². The van der Waals surface area contributed by atoms with Crippen molar-refractivity contribution in [3.05, 3.63) is 29.3 Å². The summed E-state index contributed by atoms with van der Waals surface area (Å²) in [5, 5.41) is 2.57. The Kier molecular flexibility index (Phi) is 6.66. The van der Waals surface area contributed by atoms with Gasteiger partial charge in [0.15, 0.2) is 19.7 Å². The van der Waals surface area contributed by atoms with Gasteiger partial charge in [0, 0.05) is 11.1 Å². The second-order valence-corrected chi connectivity index (χ2v) is 10.8. The fraction of sp³-hybridized carbons (Fsp3) is 0.600. The van der Waals surface area contributed by atoms with E-state index in [2.05, 4.69) is 5.32 Å². The molecule has 0 spiro atoms. The molecule has 1 fully saturated rings. The Bertz CT molecular complexity index is 727. The Labute approximate surface area is 144 Å².